The van der Waals surface area contributed by atoms with Crippen LogP contribution >= 0.6 is 0 Å². The molecule has 0 aliphatic heterocycles. The fourth-order valence-corrected chi connectivity index (χ4v) is 2.68. The van der Waals surface area contributed by atoms with Crippen molar-refractivity contribution in [1.82, 2.24) is 4.72 Å². The van der Waals surface area contributed by atoms with Gasteiger partial charge in [-0.25, -0.2) is 4.72 Å². The predicted molar refractivity (Wildman–Crippen MR) is 83.3 cm³/mol. The Morgan fingerprint density at radius 3 is 2.24 bits per heavy atom. The van der Waals surface area contributed by atoms with Crippen LogP contribution in [0.15, 0.2) is 12.1 Å². The van der Waals surface area contributed by atoms with Gasteiger partial charge in [0.25, 0.3) is 0 Å². The molecule has 0 bridgehead atoms. The van der Waals surface area contributed by atoms with E-state index < -0.39 is 16.7 Å². The van der Waals surface area contributed by atoms with Crippen LogP contribution in [-0.4, -0.2) is 27.5 Å². The highest BCUT2D eigenvalue weighted by Crippen LogP contribution is 2.40. The molecule has 0 heterocycles. The minimum atomic E-state index is -2.33. The summed E-state index contributed by atoms with van der Waals surface area (Å²) in [5, 5.41) is 10.3. The van der Waals surface area contributed by atoms with Crippen LogP contribution in [0.25, 0.3) is 0 Å². The van der Waals surface area contributed by atoms with Gasteiger partial charge in [-0.05, 0) is 17.5 Å². The SMILES string of the molecule is COc1cc(C(C)(C)CNS(=O)[O-])c(O)cc1C(C)(C)C. The molecular formula is C15H24NO4S-. The van der Waals surface area contributed by atoms with Crippen LogP contribution in [0.3, 0.4) is 0 Å². The van der Waals surface area contributed by atoms with E-state index in [1.165, 1.54) is 0 Å². The lowest BCUT2D eigenvalue weighted by atomic mass is 9.80. The first kappa shape index (κ1) is 17.9. The van der Waals surface area contributed by atoms with Gasteiger partial charge in [-0.15, -0.1) is 0 Å². The van der Waals surface area contributed by atoms with Crippen LogP contribution < -0.4 is 9.46 Å². The van der Waals surface area contributed by atoms with Gasteiger partial charge in [0.15, 0.2) is 0 Å². The first-order chi connectivity index (χ1) is 9.49. The van der Waals surface area contributed by atoms with Crippen LogP contribution in [0.5, 0.6) is 11.5 Å². The Morgan fingerprint density at radius 1 is 1.24 bits per heavy atom. The fraction of sp³-hybridized carbons (Fsp3) is 0.600. The first-order valence-corrected chi connectivity index (χ1v) is 7.81. The van der Waals surface area contributed by atoms with Gasteiger partial charge in [-0.3, -0.25) is 4.21 Å². The highest BCUT2D eigenvalue weighted by Gasteiger charge is 2.28. The van der Waals surface area contributed by atoms with Crippen molar-refractivity contribution in [3.05, 3.63) is 23.3 Å². The molecule has 0 aliphatic carbocycles. The summed E-state index contributed by atoms with van der Waals surface area (Å²) in [6, 6.07) is 3.48. The third kappa shape index (κ3) is 4.43. The van der Waals surface area contributed by atoms with Crippen LogP contribution in [-0.2, 0) is 22.1 Å². The van der Waals surface area contributed by atoms with Crippen molar-refractivity contribution in [2.75, 3.05) is 13.7 Å². The Morgan fingerprint density at radius 2 is 1.81 bits per heavy atom. The van der Waals surface area contributed by atoms with Crippen molar-refractivity contribution in [3.8, 4) is 11.5 Å². The molecule has 21 heavy (non-hydrogen) atoms. The molecule has 0 amide bonds. The maximum absolute atomic E-state index is 10.7. The number of rotatable bonds is 5. The van der Waals surface area contributed by atoms with E-state index in [-0.39, 0.29) is 17.7 Å². The molecule has 0 spiro atoms. The predicted octanol–water partition coefficient (Wildman–Crippen LogP) is 2.36. The Hall–Kier alpha value is -1.11. The molecule has 2 N–H and O–H groups in total. The number of hydrogen-bond acceptors (Lipinski definition) is 4. The third-order valence-electron chi connectivity index (χ3n) is 3.49. The summed E-state index contributed by atoms with van der Waals surface area (Å²) in [5.74, 6) is 0.829. The number of phenols is 1. The molecule has 0 saturated carbocycles. The van der Waals surface area contributed by atoms with Gasteiger partial charge in [-0.1, -0.05) is 34.6 Å². The topological polar surface area (TPSA) is 81.6 Å². The van der Waals surface area contributed by atoms with Gasteiger partial charge in [0.2, 0.25) is 0 Å². The molecular weight excluding hydrogens is 290 g/mol. The lowest BCUT2D eigenvalue weighted by Crippen LogP contribution is -2.34. The lowest BCUT2D eigenvalue weighted by molar-refractivity contribution is 0.384. The summed E-state index contributed by atoms with van der Waals surface area (Å²) < 4.78 is 29.1. The minimum Gasteiger partial charge on any atom is -0.760 e. The highest BCUT2D eigenvalue weighted by atomic mass is 32.2. The molecule has 6 heteroatoms. The average Bonchev–Trinajstić information content (AvgIpc) is 2.35. The second-order valence-electron chi connectivity index (χ2n) is 6.76. The van der Waals surface area contributed by atoms with E-state index in [2.05, 4.69) is 4.72 Å². The third-order valence-corrected chi connectivity index (χ3v) is 3.87. The zero-order valence-corrected chi connectivity index (χ0v) is 14.3. The van der Waals surface area contributed by atoms with Crippen LogP contribution in [0.4, 0.5) is 0 Å². The number of methoxy groups -OCH3 is 1. The minimum absolute atomic E-state index is 0.143. The van der Waals surface area contributed by atoms with Crippen molar-refractivity contribution in [1.29, 1.82) is 0 Å². The lowest BCUT2D eigenvalue weighted by Gasteiger charge is -2.30. The second kappa shape index (κ2) is 6.34. The summed E-state index contributed by atoms with van der Waals surface area (Å²) in [5.41, 5.74) is 0.821. The van der Waals surface area contributed by atoms with Crippen molar-refractivity contribution < 1.29 is 18.6 Å². The summed E-state index contributed by atoms with van der Waals surface area (Å²) in [6.45, 7) is 10.0. The Labute approximate surface area is 129 Å². The van der Waals surface area contributed by atoms with E-state index in [1.54, 1.807) is 19.2 Å². The van der Waals surface area contributed by atoms with Gasteiger partial charge in [0.1, 0.15) is 11.5 Å². The molecule has 1 aromatic carbocycles. The van der Waals surface area contributed by atoms with Crippen LogP contribution in [0.2, 0.25) is 0 Å². The maximum Gasteiger partial charge on any atom is 0.123 e. The second-order valence-corrected chi connectivity index (χ2v) is 7.52. The summed E-state index contributed by atoms with van der Waals surface area (Å²) in [4.78, 5) is 0. The zero-order chi connectivity index (χ0) is 16.4. The number of nitrogens with one attached hydrogen (secondary N) is 1. The van der Waals surface area contributed by atoms with E-state index >= 15 is 0 Å². The number of hydrogen-bond donors (Lipinski definition) is 2. The monoisotopic (exact) mass is 314 g/mol. The van der Waals surface area contributed by atoms with Gasteiger partial charge < -0.3 is 14.4 Å². The smallest absolute Gasteiger partial charge is 0.123 e. The molecule has 0 fully saturated rings. The van der Waals surface area contributed by atoms with E-state index in [0.717, 1.165) is 5.56 Å². The summed E-state index contributed by atoms with van der Waals surface area (Å²) in [6.07, 6.45) is 0. The largest absolute Gasteiger partial charge is 0.760 e. The Bertz CT molecular complexity index is 535. The molecule has 0 aliphatic rings. The molecule has 1 atom stereocenters. The number of ether oxygens (including phenoxy) is 1. The molecule has 0 radical (unpaired) electrons. The zero-order valence-electron chi connectivity index (χ0n) is 13.4. The molecule has 1 rings (SSSR count). The van der Waals surface area contributed by atoms with E-state index in [9.17, 15) is 13.9 Å². The van der Waals surface area contributed by atoms with Gasteiger partial charge in [0.05, 0.1) is 7.11 Å². The molecule has 120 valence electrons. The quantitative estimate of drug-likeness (QED) is 0.817. The standard InChI is InChI=1S/C15H25NO4S/c1-14(2,3)11-7-12(17)10(8-13(11)20-6)15(4,5)9-16-21(18)19/h7-8,16-17H,9H2,1-6H3,(H,18,19)/p-1. The molecule has 0 saturated heterocycles. The Kier molecular flexibility index (Phi) is 5.41. The fourth-order valence-electron chi connectivity index (χ4n) is 2.20. The number of aromatic hydroxyl groups is 1. The average molecular weight is 314 g/mol. The van der Waals surface area contributed by atoms with E-state index in [0.29, 0.717) is 11.3 Å². The van der Waals surface area contributed by atoms with Crippen molar-refractivity contribution in [2.24, 2.45) is 0 Å². The van der Waals surface area contributed by atoms with Crippen LogP contribution in [0.1, 0.15) is 45.7 Å². The molecule has 1 unspecified atom stereocenters. The normalized spacial score (nSPS) is 14.0. The maximum atomic E-state index is 10.7. The van der Waals surface area contributed by atoms with Crippen molar-refractivity contribution >= 4 is 11.3 Å². The first-order valence-electron chi connectivity index (χ1n) is 6.74. The molecule has 5 nitrogen and oxygen atoms in total. The summed E-state index contributed by atoms with van der Waals surface area (Å²) in [7, 11) is 1.59. The van der Waals surface area contributed by atoms with Crippen LogP contribution in [0, 0.1) is 0 Å². The van der Waals surface area contributed by atoms with E-state index in [4.69, 9.17) is 4.74 Å². The Balaban J connectivity index is 3.29. The highest BCUT2D eigenvalue weighted by molar-refractivity contribution is 7.77. The van der Waals surface area contributed by atoms with Gasteiger partial charge in [-0.2, -0.15) is 0 Å². The number of phenolic OH excluding ortho intramolecular Hbond substituents is 1. The van der Waals surface area contributed by atoms with Crippen molar-refractivity contribution in [3.63, 3.8) is 0 Å². The summed E-state index contributed by atoms with van der Waals surface area (Å²) >= 11 is -2.33. The number of benzene rings is 1. The molecule has 1 aromatic rings. The van der Waals surface area contributed by atoms with E-state index in [1.807, 2.05) is 34.6 Å². The molecule has 0 aromatic heterocycles. The van der Waals surface area contributed by atoms with Gasteiger partial charge >= 0.3 is 0 Å². The van der Waals surface area contributed by atoms with Crippen molar-refractivity contribution in [2.45, 2.75) is 45.4 Å². The van der Waals surface area contributed by atoms with Gasteiger partial charge in [0, 0.05) is 34.4 Å².